The summed E-state index contributed by atoms with van der Waals surface area (Å²) >= 11 is 0. The van der Waals surface area contributed by atoms with Gasteiger partial charge >= 0.3 is 0 Å². The second-order valence-corrected chi connectivity index (χ2v) is 7.89. The molecule has 1 aromatic carbocycles. The summed E-state index contributed by atoms with van der Waals surface area (Å²) in [6, 6.07) is 9.08. The van der Waals surface area contributed by atoms with E-state index in [2.05, 4.69) is 43.6 Å². The average Bonchev–Trinajstić information content (AvgIpc) is 2.51. The zero-order valence-corrected chi connectivity index (χ0v) is 16.7. The van der Waals surface area contributed by atoms with E-state index in [9.17, 15) is 0 Å². The lowest BCUT2D eigenvalue weighted by molar-refractivity contribution is 0.0735. The van der Waals surface area contributed by atoms with Crippen LogP contribution in [0.3, 0.4) is 0 Å². The van der Waals surface area contributed by atoms with Crippen molar-refractivity contribution in [1.82, 2.24) is 5.32 Å². The summed E-state index contributed by atoms with van der Waals surface area (Å²) in [5, 5.41) is 3.42. The average molecular weight is 320 g/mol. The lowest BCUT2D eigenvalue weighted by atomic mass is 9.68. The molecule has 1 N–H and O–H groups in total. The van der Waals surface area contributed by atoms with Gasteiger partial charge in [0.25, 0.3) is 0 Å². The van der Waals surface area contributed by atoms with Gasteiger partial charge in [-0.15, -0.1) is 0 Å². The molecule has 2 nitrogen and oxygen atoms in total. The lowest BCUT2D eigenvalue weighted by Gasteiger charge is -2.40. The zero-order valence-electron chi connectivity index (χ0n) is 14.7. The minimum atomic E-state index is 0.451. The molecule has 0 radical (unpaired) electrons. The normalized spacial score (nSPS) is 19.2. The van der Waals surface area contributed by atoms with Crippen LogP contribution in [0, 0.1) is 18.3 Å². The van der Waals surface area contributed by atoms with Gasteiger partial charge in [-0.2, -0.15) is 0 Å². The van der Waals surface area contributed by atoms with Crippen molar-refractivity contribution in [2.75, 3.05) is 20.2 Å². The Hall–Kier alpha value is -0.643. The molecule has 1 atom stereocenters. The first-order valence-corrected chi connectivity index (χ1v) is 9.68. The van der Waals surface area contributed by atoms with Crippen molar-refractivity contribution in [3.05, 3.63) is 35.4 Å². The maximum atomic E-state index is 5.75. The lowest BCUT2D eigenvalue weighted by Crippen LogP contribution is -2.35. The summed E-state index contributed by atoms with van der Waals surface area (Å²) < 4.78 is 5.75. The van der Waals surface area contributed by atoms with Crippen LogP contribution in [-0.2, 0) is 10.8 Å². The van der Waals surface area contributed by atoms with Crippen molar-refractivity contribution in [1.29, 1.82) is 0 Å². The summed E-state index contributed by atoms with van der Waals surface area (Å²) in [6.45, 7) is 4.26. The molecule has 0 amide bonds. The SMILES string of the molecule is CNC[C@@H](Cc1ccc(C)cc1)CC1(CO[SiH3])CCCCC1. The molecule has 1 aliphatic carbocycles. The Kier molecular flexibility index (Phi) is 7.12. The van der Waals surface area contributed by atoms with Crippen LogP contribution in [0.5, 0.6) is 0 Å². The quantitative estimate of drug-likeness (QED) is 0.744. The minimum absolute atomic E-state index is 0.451. The highest BCUT2D eigenvalue weighted by molar-refractivity contribution is 5.97. The first-order chi connectivity index (χ1) is 10.7. The van der Waals surface area contributed by atoms with Crippen molar-refractivity contribution >= 4 is 10.5 Å². The Labute approximate surface area is 139 Å². The van der Waals surface area contributed by atoms with Crippen LogP contribution in [0.15, 0.2) is 24.3 Å². The summed E-state index contributed by atoms with van der Waals surface area (Å²) in [6.07, 6.45) is 9.42. The highest BCUT2D eigenvalue weighted by Crippen LogP contribution is 2.42. The van der Waals surface area contributed by atoms with Crippen LogP contribution in [-0.4, -0.2) is 30.7 Å². The van der Waals surface area contributed by atoms with E-state index in [4.69, 9.17) is 4.43 Å². The molecule has 3 heteroatoms. The molecule has 0 bridgehead atoms. The first-order valence-electron chi connectivity index (χ1n) is 8.86. The van der Waals surface area contributed by atoms with Crippen LogP contribution >= 0.6 is 0 Å². The van der Waals surface area contributed by atoms with Gasteiger partial charge in [0, 0.05) is 6.61 Å². The molecule has 0 heterocycles. The summed E-state index contributed by atoms with van der Waals surface area (Å²) in [7, 11) is 2.95. The van der Waals surface area contributed by atoms with Crippen LogP contribution in [0.1, 0.15) is 49.7 Å². The van der Waals surface area contributed by atoms with Gasteiger partial charge in [0.2, 0.25) is 0 Å². The van der Waals surface area contributed by atoms with Crippen molar-refractivity contribution in [2.24, 2.45) is 11.3 Å². The Morgan fingerprint density at radius 2 is 1.86 bits per heavy atom. The van der Waals surface area contributed by atoms with Crippen LogP contribution in [0.25, 0.3) is 0 Å². The third-order valence-electron chi connectivity index (χ3n) is 5.22. The van der Waals surface area contributed by atoms with Gasteiger partial charge in [-0.1, -0.05) is 49.1 Å². The minimum Gasteiger partial charge on any atom is -0.427 e. The third-order valence-corrected chi connectivity index (χ3v) is 5.51. The van der Waals surface area contributed by atoms with E-state index in [-0.39, 0.29) is 0 Å². The van der Waals surface area contributed by atoms with E-state index in [1.54, 1.807) is 0 Å². The van der Waals surface area contributed by atoms with E-state index in [1.165, 1.54) is 56.1 Å². The molecule has 1 fully saturated rings. The van der Waals surface area contributed by atoms with E-state index in [0.717, 1.165) is 23.6 Å². The summed E-state index contributed by atoms with van der Waals surface area (Å²) in [4.78, 5) is 0. The van der Waals surface area contributed by atoms with E-state index < -0.39 is 0 Å². The maximum Gasteiger partial charge on any atom is 0.145 e. The third kappa shape index (κ3) is 5.22. The Bertz CT molecular complexity index is 420. The fourth-order valence-electron chi connectivity index (χ4n) is 4.19. The van der Waals surface area contributed by atoms with Crippen molar-refractivity contribution in [3.63, 3.8) is 0 Å². The van der Waals surface area contributed by atoms with Gasteiger partial charge in [0.1, 0.15) is 10.5 Å². The molecule has 0 unspecified atom stereocenters. The van der Waals surface area contributed by atoms with Gasteiger partial charge in [-0.05, 0) is 63.1 Å². The fraction of sp³-hybridized carbons (Fsp3) is 0.684. The number of rotatable bonds is 8. The van der Waals surface area contributed by atoms with Crippen molar-refractivity contribution in [2.45, 2.75) is 51.9 Å². The largest absolute Gasteiger partial charge is 0.427 e. The summed E-state index contributed by atoms with van der Waals surface area (Å²) in [5.41, 5.74) is 3.28. The Balaban J connectivity index is 2.03. The van der Waals surface area contributed by atoms with E-state index in [1.807, 2.05) is 0 Å². The molecule has 1 saturated carbocycles. The number of aryl methyl sites for hydroxylation is 1. The topological polar surface area (TPSA) is 21.3 Å². The van der Waals surface area contributed by atoms with Crippen LogP contribution < -0.4 is 5.32 Å². The van der Waals surface area contributed by atoms with E-state index in [0.29, 0.717) is 11.3 Å². The van der Waals surface area contributed by atoms with Crippen molar-refractivity contribution in [3.8, 4) is 0 Å². The van der Waals surface area contributed by atoms with Gasteiger partial charge in [-0.3, -0.25) is 0 Å². The molecular formula is C19H33NOSi. The van der Waals surface area contributed by atoms with Gasteiger partial charge in [0.15, 0.2) is 0 Å². The van der Waals surface area contributed by atoms with Crippen LogP contribution in [0.4, 0.5) is 0 Å². The summed E-state index contributed by atoms with van der Waals surface area (Å²) in [5.74, 6) is 0.711. The number of hydrogen-bond acceptors (Lipinski definition) is 2. The molecule has 0 aromatic heterocycles. The Morgan fingerprint density at radius 3 is 2.45 bits per heavy atom. The monoisotopic (exact) mass is 319 g/mol. The fourth-order valence-corrected chi connectivity index (χ4v) is 4.80. The van der Waals surface area contributed by atoms with Gasteiger partial charge in [0.05, 0.1) is 0 Å². The maximum absolute atomic E-state index is 5.75. The Morgan fingerprint density at radius 1 is 1.18 bits per heavy atom. The standard InChI is InChI=1S/C19H33NOSi/c1-16-6-8-17(9-7-16)12-18(14-20-2)13-19(15-21-22)10-4-3-5-11-19/h6-9,18,20H,3-5,10-15H2,1-2,22H3/t18-/m0/s1. The molecule has 22 heavy (non-hydrogen) atoms. The number of benzene rings is 1. The molecular weight excluding hydrogens is 286 g/mol. The number of nitrogens with one attached hydrogen (secondary N) is 1. The molecule has 1 aliphatic rings. The smallest absolute Gasteiger partial charge is 0.145 e. The molecule has 2 rings (SSSR count). The molecule has 1 aromatic rings. The molecule has 0 aliphatic heterocycles. The zero-order chi connectivity index (χ0) is 15.8. The first kappa shape index (κ1) is 17.7. The number of hydrogen-bond donors (Lipinski definition) is 1. The van der Waals surface area contributed by atoms with Crippen molar-refractivity contribution < 1.29 is 4.43 Å². The van der Waals surface area contributed by atoms with Gasteiger partial charge in [-0.25, -0.2) is 0 Å². The molecule has 0 spiro atoms. The van der Waals surface area contributed by atoms with Gasteiger partial charge < -0.3 is 9.74 Å². The molecule has 0 saturated heterocycles. The second kappa shape index (κ2) is 8.85. The predicted octanol–water partition coefficient (Wildman–Crippen LogP) is 3.01. The second-order valence-electron chi connectivity index (χ2n) is 7.31. The highest BCUT2D eigenvalue weighted by Gasteiger charge is 2.34. The van der Waals surface area contributed by atoms with Crippen LogP contribution in [0.2, 0.25) is 0 Å². The predicted molar refractivity (Wildman–Crippen MR) is 98.3 cm³/mol. The highest BCUT2D eigenvalue weighted by atomic mass is 28.2. The molecule has 124 valence electrons. The van der Waals surface area contributed by atoms with E-state index >= 15 is 0 Å².